The number of aliphatic hydroxyl groups excluding tert-OH is 3. The first-order valence-corrected chi connectivity index (χ1v) is 8.78. The number of aryl methyl sites for hydroxylation is 1. The van der Waals surface area contributed by atoms with Crippen LogP contribution in [0.25, 0.3) is 11.2 Å². The number of halogens is 1. The molecule has 4 atom stereocenters. The standard InChI is InChI=1S/C18H20FN5O4/c1-9-2-3-10(4-11(9)19)5-20-16-13-17(22-7-21-16)24(8-23-13)18-15(27)14(26)12(6-25)28-18/h2-4,7-8,12,14-15,18,25-27H,5-6H2,1H3,(H,20,21,22)/t12-,14-,15-,18-/m1/s1. The average molecular weight is 389 g/mol. The Bertz CT molecular complexity index is 997. The van der Waals surface area contributed by atoms with Gasteiger partial charge in [0.1, 0.15) is 30.5 Å². The molecule has 3 aromatic rings. The molecular formula is C18H20FN5O4. The monoisotopic (exact) mass is 389 g/mol. The van der Waals surface area contributed by atoms with Crippen molar-refractivity contribution in [3.8, 4) is 0 Å². The molecule has 0 saturated carbocycles. The van der Waals surface area contributed by atoms with E-state index in [2.05, 4.69) is 20.3 Å². The van der Waals surface area contributed by atoms with Gasteiger partial charge in [-0.15, -0.1) is 0 Å². The highest BCUT2D eigenvalue weighted by atomic mass is 19.1. The quantitative estimate of drug-likeness (QED) is 0.497. The van der Waals surface area contributed by atoms with E-state index in [0.717, 1.165) is 5.56 Å². The highest BCUT2D eigenvalue weighted by Gasteiger charge is 2.44. The lowest BCUT2D eigenvalue weighted by Gasteiger charge is -2.16. The number of benzene rings is 1. The summed E-state index contributed by atoms with van der Waals surface area (Å²) in [4.78, 5) is 12.7. The topological polar surface area (TPSA) is 126 Å². The molecule has 10 heteroatoms. The van der Waals surface area contributed by atoms with Crippen LogP contribution in [0.15, 0.2) is 30.9 Å². The van der Waals surface area contributed by atoms with Gasteiger partial charge in [-0.3, -0.25) is 4.57 Å². The summed E-state index contributed by atoms with van der Waals surface area (Å²) in [7, 11) is 0. The molecular weight excluding hydrogens is 369 g/mol. The largest absolute Gasteiger partial charge is 0.394 e. The van der Waals surface area contributed by atoms with Gasteiger partial charge < -0.3 is 25.4 Å². The Morgan fingerprint density at radius 3 is 2.75 bits per heavy atom. The number of fused-ring (bicyclic) bond motifs is 1. The maximum atomic E-state index is 13.7. The van der Waals surface area contributed by atoms with Crippen molar-refractivity contribution in [2.24, 2.45) is 0 Å². The normalized spacial score (nSPS) is 24.8. The first-order valence-electron chi connectivity index (χ1n) is 8.78. The van der Waals surface area contributed by atoms with E-state index < -0.39 is 31.1 Å². The van der Waals surface area contributed by atoms with E-state index in [0.29, 0.717) is 29.1 Å². The maximum Gasteiger partial charge on any atom is 0.167 e. The van der Waals surface area contributed by atoms with E-state index in [9.17, 15) is 19.7 Å². The highest BCUT2D eigenvalue weighted by molar-refractivity contribution is 5.82. The number of aromatic nitrogens is 4. The van der Waals surface area contributed by atoms with Gasteiger partial charge in [-0.2, -0.15) is 0 Å². The van der Waals surface area contributed by atoms with E-state index in [4.69, 9.17) is 4.74 Å². The van der Waals surface area contributed by atoms with Crippen LogP contribution in [-0.4, -0.2) is 59.8 Å². The van der Waals surface area contributed by atoms with Crippen LogP contribution < -0.4 is 5.32 Å². The van der Waals surface area contributed by atoms with Gasteiger partial charge in [0.2, 0.25) is 0 Å². The second kappa shape index (κ2) is 7.40. The van der Waals surface area contributed by atoms with Crippen molar-refractivity contribution < 1.29 is 24.4 Å². The number of nitrogens with zero attached hydrogens (tertiary/aromatic N) is 4. The molecule has 1 aliphatic rings. The minimum absolute atomic E-state index is 0.277. The van der Waals surface area contributed by atoms with Gasteiger partial charge in [0, 0.05) is 6.54 Å². The van der Waals surface area contributed by atoms with Crippen LogP contribution in [0.2, 0.25) is 0 Å². The summed E-state index contributed by atoms with van der Waals surface area (Å²) in [6.07, 6.45) is -1.53. The molecule has 0 spiro atoms. The SMILES string of the molecule is Cc1ccc(CNc2ncnc3c2ncn3[C@@H]2O[C@H](CO)[C@@H](O)[C@H]2O)cc1F. The average Bonchev–Trinajstić information content (AvgIpc) is 3.24. The van der Waals surface area contributed by atoms with Gasteiger partial charge in [-0.1, -0.05) is 12.1 Å². The third kappa shape index (κ3) is 3.20. The number of ether oxygens (including phenoxy) is 1. The summed E-state index contributed by atoms with van der Waals surface area (Å²) in [6, 6.07) is 4.98. The zero-order valence-electron chi connectivity index (χ0n) is 15.0. The lowest BCUT2D eigenvalue weighted by Crippen LogP contribution is -2.33. The zero-order valence-corrected chi connectivity index (χ0v) is 15.0. The first kappa shape index (κ1) is 18.7. The molecule has 0 amide bonds. The molecule has 2 aromatic heterocycles. The third-order valence-corrected chi connectivity index (χ3v) is 4.85. The summed E-state index contributed by atoms with van der Waals surface area (Å²) in [5.41, 5.74) is 2.15. The predicted molar refractivity (Wildman–Crippen MR) is 96.8 cm³/mol. The third-order valence-electron chi connectivity index (χ3n) is 4.85. The fourth-order valence-electron chi connectivity index (χ4n) is 3.21. The van der Waals surface area contributed by atoms with Gasteiger partial charge in [-0.05, 0) is 24.1 Å². The van der Waals surface area contributed by atoms with Gasteiger partial charge in [-0.25, -0.2) is 19.3 Å². The fourth-order valence-corrected chi connectivity index (χ4v) is 3.21. The second-order valence-electron chi connectivity index (χ2n) is 6.71. The van der Waals surface area contributed by atoms with Crippen molar-refractivity contribution in [3.63, 3.8) is 0 Å². The Kier molecular flexibility index (Phi) is 4.94. The Morgan fingerprint density at radius 1 is 1.21 bits per heavy atom. The van der Waals surface area contributed by atoms with Gasteiger partial charge >= 0.3 is 0 Å². The number of aliphatic hydroxyl groups is 3. The number of hydrogen-bond acceptors (Lipinski definition) is 8. The van der Waals surface area contributed by atoms with Gasteiger partial charge in [0.15, 0.2) is 23.2 Å². The molecule has 148 valence electrons. The molecule has 0 bridgehead atoms. The van der Waals surface area contributed by atoms with Crippen LogP contribution in [0.5, 0.6) is 0 Å². The van der Waals surface area contributed by atoms with Crippen LogP contribution in [0.1, 0.15) is 17.4 Å². The molecule has 3 heterocycles. The molecule has 28 heavy (non-hydrogen) atoms. The van der Waals surface area contributed by atoms with E-state index in [1.165, 1.54) is 23.3 Å². The molecule has 4 rings (SSSR count). The lowest BCUT2D eigenvalue weighted by atomic mass is 10.1. The molecule has 4 N–H and O–H groups in total. The van der Waals surface area contributed by atoms with Crippen LogP contribution in [0.3, 0.4) is 0 Å². The second-order valence-corrected chi connectivity index (χ2v) is 6.71. The van der Waals surface area contributed by atoms with Crippen molar-refractivity contribution in [2.45, 2.75) is 38.0 Å². The molecule has 1 saturated heterocycles. The van der Waals surface area contributed by atoms with E-state index >= 15 is 0 Å². The lowest BCUT2D eigenvalue weighted by molar-refractivity contribution is -0.0511. The Hall–Kier alpha value is -2.66. The summed E-state index contributed by atoms with van der Waals surface area (Å²) in [6.45, 7) is 1.62. The zero-order chi connectivity index (χ0) is 19.8. The summed E-state index contributed by atoms with van der Waals surface area (Å²) in [5.74, 6) is 0.164. The number of rotatable bonds is 5. The van der Waals surface area contributed by atoms with Gasteiger partial charge in [0.25, 0.3) is 0 Å². The molecule has 0 radical (unpaired) electrons. The minimum Gasteiger partial charge on any atom is -0.394 e. The van der Waals surface area contributed by atoms with E-state index in [-0.39, 0.29) is 5.82 Å². The van der Waals surface area contributed by atoms with Crippen molar-refractivity contribution in [1.29, 1.82) is 0 Å². The smallest absolute Gasteiger partial charge is 0.167 e. The van der Waals surface area contributed by atoms with E-state index in [1.54, 1.807) is 13.0 Å². The molecule has 1 aromatic carbocycles. The van der Waals surface area contributed by atoms with Crippen molar-refractivity contribution in [3.05, 3.63) is 47.8 Å². The summed E-state index contributed by atoms with van der Waals surface area (Å²) < 4.78 is 20.7. The number of imidazole rings is 1. The van der Waals surface area contributed by atoms with Crippen molar-refractivity contribution in [1.82, 2.24) is 19.5 Å². The Labute approximate surface area is 159 Å². The maximum absolute atomic E-state index is 13.7. The Morgan fingerprint density at radius 2 is 2.04 bits per heavy atom. The highest BCUT2D eigenvalue weighted by Crippen LogP contribution is 2.32. The number of anilines is 1. The predicted octanol–water partition coefficient (Wildman–Crippen LogP) is 0.497. The first-order chi connectivity index (χ1) is 13.5. The summed E-state index contributed by atoms with van der Waals surface area (Å²) in [5, 5.41) is 32.6. The number of hydrogen-bond donors (Lipinski definition) is 4. The molecule has 0 aliphatic carbocycles. The fraction of sp³-hybridized carbons (Fsp3) is 0.389. The van der Waals surface area contributed by atoms with E-state index in [1.807, 2.05) is 6.07 Å². The Balaban J connectivity index is 1.59. The van der Waals surface area contributed by atoms with Crippen LogP contribution >= 0.6 is 0 Å². The molecule has 1 aliphatic heterocycles. The molecule has 1 fully saturated rings. The summed E-state index contributed by atoms with van der Waals surface area (Å²) >= 11 is 0. The van der Waals surface area contributed by atoms with Crippen LogP contribution in [-0.2, 0) is 11.3 Å². The van der Waals surface area contributed by atoms with Crippen LogP contribution in [0.4, 0.5) is 10.2 Å². The minimum atomic E-state index is -1.24. The molecule has 9 nitrogen and oxygen atoms in total. The molecule has 0 unspecified atom stereocenters. The number of nitrogens with one attached hydrogen (secondary N) is 1. The van der Waals surface area contributed by atoms with Gasteiger partial charge in [0.05, 0.1) is 12.9 Å². The van der Waals surface area contributed by atoms with Crippen molar-refractivity contribution >= 4 is 17.0 Å². The van der Waals surface area contributed by atoms with Crippen LogP contribution in [0, 0.1) is 12.7 Å². The van der Waals surface area contributed by atoms with Crippen molar-refractivity contribution in [2.75, 3.05) is 11.9 Å².